The van der Waals surface area contributed by atoms with E-state index < -0.39 is 35.6 Å². The summed E-state index contributed by atoms with van der Waals surface area (Å²) in [6.07, 6.45) is -3.10. The Kier molecular flexibility index (Phi) is 5.62. The Hall–Kier alpha value is -3.34. The maximum absolute atomic E-state index is 12.8. The number of pyridine rings is 1. The molecule has 2 aromatic rings. The number of fused-ring (bicyclic) bond motifs is 2. The van der Waals surface area contributed by atoms with Crippen molar-refractivity contribution >= 4 is 29.2 Å². The minimum atomic E-state index is -4.85. The summed E-state index contributed by atoms with van der Waals surface area (Å²) in [4.78, 5) is 41.5. The van der Waals surface area contributed by atoms with Gasteiger partial charge in [0.05, 0.1) is 18.2 Å². The maximum atomic E-state index is 12.8. The van der Waals surface area contributed by atoms with E-state index >= 15 is 0 Å². The molecule has 35 heavy (non-hydrogen) atoms. The molecule has 0 radical (unpaired) electrons. The van der Waals surface area contributed by atoms with Gasteiger partial charge < -0.3 is 20.1 Å². The summed E-state index contributed by atoms with van der Waals surface area (Å²) in [6.45, 7) is 0. The third-order valence-corrected chi connectivity index (χ3v) is 6.98. The van der Waals surface area contributed by atoms with Gasteiger partial charge in [0.15, 0.2) is 11.9 Å². The number of nitrogens with zero attached hydrogens (tertiary/aromatic N) is 1. The Bertz CT molecular complexity index is 1210. The quantitative estimate of drug-likeness (QED) is 0.639. The van der Waals surface area contributed by atoms with Crippen LogP contribution in [0.15, 0.2) is 36.5 Å². The van der Waals surface area contributed by atoms with Crippen LogP contribution in [0.4, 0.5) is 13.2 Å². The fraction of sp³-hybridized carbons (Fsp3) is 0.391. The first-order valence-electron chi connectivity index (χ1n) is 10.9. The Morgan fingerprint density at radius 1 is 1.23 bits per heavy atom. The Morgan fingerprint density at radius 2 is 2.03 bits per heavy atom. The lowest BCUT2D eigenvalue weighted by molar-refractivity contribution is -0.274. The lowest BCUT2D eigenvalue weighted by Gasteiger charge is -2.63. The van der Waals surface area contributed by atoms with Crippen molar-refractivity contribution in [1.29, 1.82) is 0 Å². The number of hydrogen-bond donors (Lipinski definition) is 2. The standard InChI is InChI=1S/C23H19ClF3N3O5/c24-11-1-4-18-13(7-11)17(31)8-19(34-18)21(33)29-16-9-22(6-5-14(16)22)30-20(32)15-3-2-12(10-28-15)35-23(25,26)27/h1-4,7,10,14,16,19H,5-6,8-9H2,(H,29,33)(H,30,32)/t14?,16?,19-,22?/m1/s1. The number of rotatable bonds is 5. The minimum absolute atomic E-state index is 0.00591. The third-order valence-electron chi connectivity index (χ3n) is 6.75. The molecule has 3 unspecified atom stereocenters. The van der Waals surface area contributed by atoms with Gasteiger partial charge >= 0.3 is 6.36 Å². The molecule has 1 aromatic heterocycles. The second-order valence-corrected chi connectivity index (χ2v) is 9.31. The van der Waals surface area contributed by atoms with E-state index in [9.17, 15) is 27.6 Å². The minimum Gasteiger partial charge on any atom is -0.479 e. The molecule has 184 valence electrons. The highest BCUT2D eigenvalue weighted by molar-refractivity contribution is 6.31. The molecule has 2 heterocycles. The average Bonchev–Trinajstić information content (AvgIpc) is 2.77. The van der Waals surface area contributed by atoms with Crippen LogP contribution in [0, 0.1) is 5.92 Å². The number of hydrogen-bond acceptors (Lipinski definition) is 6. The lowest BCUT2D eigenvalue weighted by Crippen LogP contribution is -2.76. The van der Waals surface area contributed by atoms with Gasteiger partial charge in [-0.3, -0.25) is 14.4 Å². The van der Waals surface area contributed by atoms with Crippen molar-refractivity contribution in [2.45, 2.75) is 49.7 Å². The van der Waals surface area contributed by atoms with E-state index in [0.717, 1.165) is 24.8 Å². The van der Waals surface area contributed by atoms with Gasteiger partial charge in [0.1, 0.15) is 17.2 Å². The summed E-state index contributed by atoms with van der Waals surface area (Å²) in [5, 5.41) is 6.23. The van der Waals surface area contributed by atoms with Crippen LogP contribution in [-0.4, -0.2) is 46.6 Å². The van der Waals surface area contributed by atoms with Gasteiger partial charge in [0.25, 0.3) is 11.8 Å². The lowest BCUT2D eigenvalue weighted by atomic mass is 9.50. The number of halogens is 4. The Labute approximate surface area is 202 Å². The maximum Gasteiger partial charge on any atom is 0.573 e. The molecule has 2 amide bonds. The molecule has 1 aliphatic heterocycles. The molecule has 0 bridgehead atoms. The van der Waals surface area contributed by atoms with Crippen LogP contribution < -0.4 is 20.1 Å². The van der Waals surface area contributed by atoms with Crippen LogP contribution in [0.25, 0.3) is 0 Å². The number of amides is 2. The van der Waals surface area contributed by atoms with Gasteiger partial charge in [-0.2, -0.15) is 0 Å². The van der Waals surface area contributed by atoms with Crippen molar-refractivity contribution in [3.63, 3.8) is 0 Å². The van der Waals surface area contributed by atoms with Gasteiger partial charge in [-0.1, -0.05) is 11.6 Å². The molecule has 2 fully saturated rings. The van der Waals surface area contributed by atoms with Crippen LogP contribution in [0.5, 0.6) is 11.5 Å². The summed E-state index contributed by atoms with van der Waals surface area (Å²) >= 11 is 5.92. The van der Waals surface area contributed by atoms with Gasteiger partial charge in [-0.25, -0.2) is 4.98 Å². The van der Waals surface area contributed by atoms with E-state index in [2.05, 4.69) is 20.4 Å². The number of nitrogens with one attached hydrogen (secondary N) is 2. The van der Waals surface area contributed by atoms with E-state index in [1.54, 1.807) is 12.1 Å². The molecule has 2 N–H and O–H groups in total. The second-order valence-electron chi connectivity index (χ2n) is 8.88. The number of benzene rings is 1. The predicted molar refractivity (Wildman–Crippen MR) is 115 cm³/mol. The highest BCUT2D eigenvalue weighted by Gasteiger charge is 2.61. The molecule has 2 saturated carbocycles. The van der Waals surface area contributed by atoms with Crippen LogP contribution >= 0.6 is 11.6 Å². The molecule has 2 aliphatic carbocycles. The molecule has 1 aromatic carbocycles. The van der Waals surface area contributed by atoms with Crippen molar-refractivity contribution < 1.29 is 37.0 Å². The average molecular weight is 510 g/mol. The van der Waals surface area contributed by atoms with E-state index in [4.69, 9.17) is 16.3 Å². The monoisotopic (exact) mass is 509 g/mol. The molecule has 5 rings (SSSR count). The van der Waals surface area contributed by atoms with Crippen LogP contribution in [0.1, 0.15) is 46.5 Å². The normalized spacial score (nSPS) is 26.7. The summed E-state index contributed by atoms with van der Waals surface area (Å²) < 4.78 is 46.3. The number of carbonyl (C=O) groups excluding carboxylic acids is 3. The highest BCUT2D eigenvalue weighted by atomic mass is 35.5. The SMILES string of the molecule is O=C(NC12CCC1C(NC(=O)[C@H]1CC(=O)c3cc(Cl)ccc3O1)C2)c1ccc(OC(F)(F)F)cn1. The van der Waals surface area contributed by atoms with Crippen LogP contribution in [-0.2, 0) is 4.79 Å². The van der Waals surface area contributed by atoms with Crippen molar-refractivity contribution in [3.8, 4) is 11.5 Å². The molecule has 8 nitrogen and oxygen atoms in total. The first-order chi connectivity index (χ1) is 16.5. The molecule has 0 saturated heterocycles. The van der Waals surface area contributed by atoms with E-state index in [1.807, 2.05) is 0 Å². The molecular weight excluding hydrogens is 491 g/mol. The summed E-state index contributed by atoms with van der Waals surface area (Å²) in [7, 11) is 0. The van der Waals surface area contributed by atoms with Gasteiger partial charge in [0.2, 0.25) is 0 Å². The largest absolute Gasteiger partial charge is 0.573 e. The zero-order valence-electron chi connectivity index (χ0n) is 18.0. The number of Topliss-reactive ketones (excluding diaryl/α,β-unsaturated/α-hetero) is 1. The van der Waals surface area contributed by atoms with Crippen LogP contribution in [0.3, 0.4) is 0 Å². The number of aromatic nitrogens is 1. The van der Waals surface area contributed by atoms with Crippen molar-refractivity contribution in [2.75, 3.05) is 0 Å². The number of alkyl halides is 3. The number of ether oxygens (including phenoxy) is 2. The zero-order chi connectivity index (χ0) is 25.0. The molecule has 3 aliphatic rings. The van der Waals surface area contributed by atoms with E-state index in [-0.39, 0.29) is 29.9 Å². The van der Waals surface area contributed by atoms with Crippen molar-refractivity contribution in [1.82, 2.24) is 15.6 Å². The van der Waals surface area contributed by atoms with Gasteiger partial charge in [0, 0.05) is 22.5 Å². The Balaban J connectivity index is 1.16. The smallest absolute Gasteiger partial charge is 0.479 e. The zero-order valence-corrected chi connectivity index (χ0v) is 18.8. The van der Waals surface area contributed by atoms with Gasteiger partial charge in [-0.05, 0) is 49.6 Å². The fourth-order valence-corrected chi connectivity index (χ4v) is 5.12. The first kappa shape index (κ1) is 23.4. The molecule has 12 heteroatoms. The third kappa shape index (κ3) is 4.52. The fourth-order valence-electron chi connectivity index (χ4n) is 4.95. The predicted octanol–water partition coefficient (Wildman–Crippen LogP) is 3.43. The van der Waals surface area contributed by atoms with E-state index in [0.29, 0.717) is 29.2 Å². The topological polar surface area (TPSA) is 107 Å². The van der Waals surface area contributed by atoms with Gasteiger partial charge in [-0.15, -0.1) is 13.2 Å². The molecule has 4 atom stereocenters. The molecular formula is C23H19ClF3N3O5. The number of carbonyl (C=O) groups is 3. The summed E-state index contributed by atoms with van der Waals surface area (Å²) in [6, 6.07) is 6.62. The molecule has 0 spiro atoms. The summed E-state index contributed by atoms with van der Waals surface area (Å²) in [5.74, 6) is -1.37. The van der Waals surface area contributed by atoms with Crippen LogP contribution in [0.2, 0.25) is 5.02 Å². The van der Waals surface area contributed by atoms with Crippen molar-refractivity contribution in [3.05, 3.63) is 52.8 Å². The number of ketones is 1. The highest BCUT2D eigenvalue weighted by Crippen LogP contribution is 2.54. The Morgan fingerprint density at radius 3 is 2.66 bits per heavy atom. The first-order valence-corrected chi connectivity index (χ1v) is 11.2. The van der Waals surface area contributed by atoms with Crippen molar-refractivity contribution in [2.24, 2.45) is 5.92 Å². The summed E-state index contributed by atoms with van der Waals surface area (Å²) in [5.41, 5.74) is -0.206. The second kappa shape index (κ2) is 8.40. The van der Waals surface area contributed by atoms with E-state index in [1.165, 1.54) is 6.07 Å².